The molecule has 6 heteroatoms. The van der Waals surface area contributed by atoms with Gasteiger partial charge in [-0.25, -0.2) is 9.59 Å². The molecule has 0 atom stereocenters. The monoisotopic (exact) mass is 291 g/mol. The van der Waals surface area contributed by atoms with Crippen molar-refractivity contribution in [1.82, 2.24) is 5.48 Å². The minimum Gasteiger partial charge on any atom is -0.417 e. The third-order valence-electron chi connectivity index (χ3n) is 2.90. The van der Waals surface area contributed by atoms with Crippen molar-refractivity contribution in [2.45, 2.75) is 26.6 Å². The molecule has 1 fully saturated rings. The predicted molar refractivity (Wildman–Crippen MR) is 73.4 cm³/mol. The number of rotatable bonds is 5. The molecular weight excluding hydrogens is 274 g/mol. The predicted octanol–water partition coefficient (Wildman–Crippen LogP) is 1.99. The smallest absolute Gasteiger partial charge is 0.350 e. The molecule has 1 aliphatic rings. The summed E-state index contributed by atoms with van der Waals surface area (Å²) in [5.41, 5.74) is 3.38. The molecule has 0 saturated carbocycles. The van der Waals surface area contributed by atoms with Crippen LogP contribution in [-0.2, 0) is 23.9 Å². The molecule has 0 spiro atoms. The molecule has 0 radical (unpaired) electrons. The number of nitrogens with one attached hydrogen (secondary N) is 1. The Morgan fingerprint density at radius 2 is 1.76 bits per heavy atom. The molecule has 1 aliphatic heterocycles. The molecule has 0 unspecified atom stereocenters. The summed E-state index contributed by atoms with van der Waals surface area (Å²) in [5.74, 6) is -1.44. The van der Waals surface area contributed by atoms with Crippen LogP contribution < -0.4 is 5.48 Å². The first kappa shape index (κ1) is 15.1. The molecule has 21 heavy (non-hydrogen) atoms. The van der Waals surface area contributed by atoms with E-state index in [0.29, 0.717) is 24.3 Å². The Bertz CT molecular complexity index is 532. The number of carbonyl (C=O) groups excluding carboxylic acids is 2. The zero-order valence-electron chi connectivity index (χ0n) is 11.9. The number of hydrogen-bond acceptors (Lipinski definition) is 6. The lowest BCUT2D eigenvalue weighted by Crippen LogP contribution is -2.33. The van der Waals surface area contributed by atoms with Gasteiger partial charge in [0.25, 0.3) is 6.29 Å². The van der Waals surface area contributed by atoms with Crippen molar-refractivity contribution in [3.8, 4) is 0 Å². The maximum absolute atomic E-state index is 12.1. The number of hydrogen-bond donors (Lipinski definition) is 1. The molecule has 6 nitrogen and oxygen atoms in total. The van der Waals surface area contributed by atoms with Crippen LogP contribution in [0.15, 0.2) is 41.6 Å². The number of ether oxygens (including phenoxy) is 2. The second kappa shape index (κ2) is 6.90. The molecule has 0 aromatic heterocycles. The van der Waals surface area contributed by atoms with Crippen LogP contribution in [0.1, 0.15) is 32.1 Å². The highest BCUT2D eigenvalue weighted by atomic mass is 16.7. The highest BCUT2D eigenvalue weighted by Crippen LogP contribution is 2.27. The molecule has 1 saturated heterocycles. The van der Waals surface area contributed by atoms with E-state index >= 15 is 0 Å². The van der Waals surface area contributed by atoms with Crippen LogP contribution in [0.3, 0.4) is 0 Å². The summed E-state index contributed by atoms with van der Waals surface area (Å²) in [6, 6.07) is 8.81. The summed E-state index contributed by atoms with van der Waals surface area (Å²) in [6.45, 7) is 3.97. The molecule has 1 heterocycles. The highest BCUT2D eigenvalue weighted by Gasteiger charge is 2.36. The average molecular weight is 291 g/mol. The minimum absolute atomic E-state index is 0.155. The van der Waals surface area contributed by atoms with Crippen molar-refractivity contribution in [1.29, 1.82) is 0 Å². The maximum Gasteiger partial charge on any atom is 0.350 e. The van der Waals surface area contributed by atoms with Gasteiger partial charge in [-0.1, -0.05) is 37.3 Å². The van der Waals surface area contributed by atoms with Gasteiger partial charge >= 0.3 is 11.9 Å². The number of carbonyl (C=O) groups is 2. The van der Waals surface area contributed by atoms with Crippen molar-refractivity contribution >= 4 is 11.9 Å². The Labute approximate surface area is 122 Å². The van der Waals surface area contributed by atoms with Gasteiger partial charge in [-0.2, -0.15) is 0 Å². The number of esters is 2. The van der Waals surface area contributed by atoms with Crippen LogP contribution in [0.5, 0.6) is 0 Å². The molecule has 112 valence electrons. The molecule has 2 rings (SSSR count). The van der Waals surface area contributed by atoms with E-state index in [1.165, 1.54) is 0 Å². The van der Waals surface area contributed by atoms with Gasteiger partial charge in [0.15, 0.2) is 5.57 Å². The Morgan fingerprint density at radius 3 is 2.29 bits per heavy atom. The molecule has 1 aromatic carbocycles. The van der Waals surface area contributed by atoms with Gasteiger partial charge in [0.2, 0.25) is 0 Å². The lowest BCUT2D eigenvalue weighted by molar-refractivity contribution is -0.196. The summed E-state index contributed by atoms with van der Waals surface area (Å²) in [6.07, 6.45) is -0.602. The van der Waals surface area contributed by atoms with Crippen LogP contribution >= 0.6 is 0 Å². The normalized spacial score (nSPS) is 18.0. The molecular formula is C15H17NO5. The quantitative estimate of drug-likeness (QED) is 0.387. The van der Waals surface area contributed by atoms with Gasteiger partial charge in [-0.05, 0) is 13.3 Å². The Morgan fingerprint density at radius 1 is 1.14 bits per heavy atom. The van der Waals surface area contributed by atoms with Crippen LogP contribution in [0, 0.1) is 0 Å². The zero-order valence-corrected chi connectivity index (χ0v) is 11.9. The van der Waals surface area contributed by atoms with Crippen molar-refractivity contribution < 1.29 is 23.9 Å². The van der Waals surface area contributed by atoms with Gasteiger partial charge in [-0.15, -0.1) is 0 Å². The van der Waals surface area contributed by atoms with E-state index < -0.39 is 18.2 Å². The van der Waals surface area contributed by atoms with E-state index in [0.717, 1.165) is 0 Å². The highest BCUT2D eigenvalue weighted by molar-refractivity contribution is 6.15. The average Bonchev–Trinajstić information content (AvgIpc) is 2.50. The zero-order chi connectivity index (χ0) is 15.2. The van der Waals surface area contributed by atoms with Crippen molar-refractivity contribution in [2.24, 2.45) is 0 Å². The van der Waals surface area contributed by atoms with Crippen molar-refractivity contribution in [3.05, 3.63) is 47.2 Å². The molecule has 0 amide bonds. The minimum atomic E-state index is -1.01. The van der Waals surface area contributed by atoms with E-state index in [-0.39, 0.29) is 5.57 Å². The Hall–Kier alpha value is -2.34. The first-order valence-corrected chi connectivity index (χ1v) is 6.75. The van der Waals surface area contributed by atoms with E-state index in [4.69, 9.17) is 14.3 Å². The van der Waals surface area contributed by atoms with Gasteiger partial charge in [0.05, 0.1) is 12.3 Å². The Kier molecular flexibility index (Phi) is 4.94. The standard InChI is InChI=1S/C15H17NO5/c1-3-11(16-19-4-2)12-13(17)20-15(21-14(12)18)10-8-6-5-7-9-10/h5-9,15-16H,3-4H2,1-2H3. The van der Waals surface area contributed by atoms with Crippen LogP contribution in [-0.4, -0.2) is 18.5 Å². The van der Waals surface area contributed by atoms with E-state index in [9.17, 15) is 9.59 Å². The number of hydroxylamine groups is 1. The summed E-state index contributed by atoms with van der Waals surface area (Å²) in [4.78, 5) is 29.2. The second-order valence-electron chi connectivity index (χ2n) is 4.30. The van der Waals surface area contributed by atoms with Crippen LogP contribution in [0.4, 0.5) is 0 Å². The molecule has 1 N–H and O–H groups in total. The summed E-state index contributed by atoms with van der Waals surface area (Å²) in [7, 11) is 0. The number of allylic oxidation sites excluding steroid dienone is 1. The summed E-state index contributed by atoms with van der Waals surface area (Å²) < 4.78 is 10.4. The number of benzene rings is 1. The first-order valence-electron chi connectivity index (χ1n) is 6.75. The Balaban J connectivity index is 2.21. The fourth-order valence-corrected chi connectivity index (χ4v) is 1.87. The van der Waals surface area contributed by atoms with Gasteiger partial charge in [0.1, 0.15) is 0 Å². The second-order valence-corrected chi connectivity index (χ2v) is 4.30. The van der Waals surface area contributed by atoms with Gasteiger partial charge in [-0.3, -0.25) is 10.3 Å². The van der Waals surface area contributed by atoms with Crippen molar-refractivity contribution in [3.63, 3.8) is 0 Å². The molecule has 1 aromatic rings. The topological polar surface area (TPSA) is 73.9 Å². The number of cyclic esters (lactones) is 2. The lowest BCUT2D eigenvalue weighted by Gasteiger charge is -2.25. The van der Waals surface area contributed by atoms with Crippen LogP contribution in [0.25, 0.3) is 0 Å². The molecule has 0 bridgehead atoms. The largest absolute Gasteiger partial charge is 0.417 e. The fraction of sp³-hybridized carbons (Fsp3) is 0.333. The van der Waals surface area contributed by atoms with Gasteiger partial charge < -0.3 is 9.47 Å². The van der Waals surface area contributed by atoms with E-state index in [1.807, 2.05) is 6.07 Å². The fourth-order valence-electron chi connectivity index (χ4n) is 1.87. The first-order chi connectivity index (χ1) is 10.2. The maximum atomic E-state index is 12.1. The third kappa shape index (κ3) is 3.41. The lowest BCUT2D eigenvalue weighted by atomic mass is 10.1. The third-order valence-corrected chi connectivity index (χ3v) is 2.90. The SMILES string of the molecule is CCONC(CC)=C1C(=O)OC(c2ccccc2)OC1=O. The summed E-state index contributed by atoms with van der Waals surface area (Å²) >= 11 is 0. The van der Waals surface area contributed by atoms with Gasteiger partial charge in [0, 0.05) is 5.56 Å². The van der Waals surface area contributed by atoms with Crippen molar-refractivity contribution in [2.75, 3.05) is 6.61 Å². The van der Waals surface area contributed by atoms with Crippen LogP contribution in [0.2, 0.25) is 0 Å². The summed E-state index contributed by atoms with van der Waals surface area (Å²) in [5, 5.41) is 0. The van der Waals surface area contributed by atoms with E-state index in [1.54, 1.807) is 38.1 Å². The molecule has 0 aliphatic carbocycles. The van der Waals surface area contributed by atoms with E-state index in [2.05, 4.69) is 5.48 Å².